The fourth-order valence-corrected chi connectivity index (χ4v) is 5.31. The first-order chi connectivity index (χ1) is 18.2. The number of fused-ring (bicyclic) bond motifs is 1. The van der Waals surface area contributed by atoms with E-state index in [4.69, 9.17) is 14.2 Å². The maximum atomic E-state index is 6.00. The lowest BCUT2D eigenvalue weighted by Crippen LogP contribution is -2.33. The van der Waals surface area contributed by atoms with Gasteiger partial charge in [0.1, 0.15) is 23.9 Å². The van der Waals surface area contributed by atoms with Crippen LogP contribution in [0.3, 0.4) is 0 Å². The van der Waals surface area contributed by atoms with Gasteiger partial charge in [-0.3, -0.25) is 4.90 Å². The molecule has 0 radical (unpaired) electrons. The molecule has 1 heterocycles. The number of likely N-dealkylation sites (tertiary alicyclic amines) is 1. The first-order valence-corrected chi connectivity index (χ1v) is 13.5. The number of hydrogen-bond acceptors (Lipinski definition) is 5. The summed E-state index contributed by atoms with van der Waals surface area (Å²) >= 11 is 0. The summed E-state index contributed by atoms with van der Waals surface area (Å²) in [5.41, 5.74) is 7.54. The summed E-state index contributed by atoms with van der Waals surface area (Å²) in [6.45, 7) is 4.87. The van der Waals surface area contributed by atoms with E-state index in [1.807, 2.05) is 6.07 Å². The van der Waals surface area contributed by atoms with Crippen LogP contribution < -0.4 is 19.5 Å². The van der Waals surface area contributed by atoms with Crippen LogP contribution in [-0.4, -0.2) is 45.4 Å². The standard InChI is InChI=1S/C32H38N2O3/c1-35-30-11-8-24-20-26(7-6-25(24)21-30)32-15-14-31(36-2)22-27(32)23-33-28-9-12-29(13-10-28)37-19-18-34-16-4-3-5-17-34/h8-15,20-22,33H,3-7,16-19,23H2,1-2H3. The van der Waals surface area contributed by atoms with E-state index >= 15 is 0 Å². The Labute approximate surface area is 221 Å². The van der Waals surface area contributed by atoms with Crippen molar-refractivity contribution in [2.75, 3.05) is 45.8 Å². The molecule has 0 spiro atoms. The van der Waals surface area contributed by atoms with Gasteiger partial charge in [0.2, 0.25) is 0 Å². The van der Waals surface area contributed by atoms with Crippen molar-refractivity contribution in [3.8, 4) is 17.2 Å². The lowest BCUT2D eigenvalue weighted by molar-refractivity contribution is 0.183. The number of piperidine rings is 1. The molecule has 1 aliphatic carbocycles. The van der Waals surface area contributed by atoms with Gasteiger partial charge in [-0.25, -0.2) is 0 Å². The first-order valence-electron chi connectivity index (χ1n) is 13.5. The molecule has 1 N–H and O–H groups in total. The molecule has 1 aliphatic heterocycles. The molecule has 5 nitrogen and oxygen atoms in total. The lowest BCUT2D eigenvalue weighted by atomic mass is 9.86. The van der Waals surface area contributed by atoms with E-state index in [1.54, 1.807) is 14.2 Å². The minimum atomic E-state index is 0.717. The van der Waals surface area contributed by atoms with Crippen LogP contribution >= 0.6 is 0 Å². The number of nitrogens with one attached hydrogen (secondary N) is 1. The quantitative estimate of drug-likeness (QED) is 0.338. The summed E-state index contributed by atoms with van der Waals surface area (Å²) in [6, 6.07) is 21.0. The zero-order valence-electron chi connectivity index (χ0n) is 22.1. The van der Waals surface area contributed by atoms with Gasteiger partial charge in [-0.05, 0) is 115 Å². The molecule has 3 aromatic rings. The van der Waals surface area contributed by atoms with Gasteiger partial charge in [0.15, 0.2) is 0 Å². The number of aryl methyl sites for hydroxylation is 1. The molecule has 3 aromatic carbocycles. The van der Waals surface area contributed by atoms with E-state index in [1.165, 1.54) is 60.2 Å². The van der Waals surface area contributed by atoms with Gasteiger partial charge in [-0.1, -0.05) is 24.6 Å². The molecular formula is C32H38N2O3. The molecule has 0 atom stereocenters. The Morgan fingerprint density at radius 3 is 2.30 bits per heavy atom. The van der Waals surface area contributed by atoms with Crippen LogP contribution in [0.15, 0.2) is 60.7 Å². The van der Waals surface area contributed by atoms with Crippen molar-refractivity contribution in [2.24, 2.45) is 0 Å². The molecule has 1 saturated heterocycles. The zero-order valence-corrected chi connectivity index (χ0v) is 22.1. The average molecular weight is 499 g/mol. The molecule has 5 rings (SSSR count). The molecule has 0 aromatic heterocycles. The largest absolute Gasteiger partial charge is 0.497 e. The third-order valence-corrected chi connectivity index (χ3v) is 7.46. The maximum Gasteiger partial charge on any atom is 0.119 e. The summed E-state index contributed by atoms with van der Waals surface area (Å²) in [5.74, 6) is 2.72. The molecule has 37 heavy (non-hydrogen) atoms. The van der Waals surface area contributed by atoms with Gasteiger partial charge in [0, 0.05) is 18.8 Å². The summed E-state index contributed by atoms with van der Waals surface area (Å²) in [6.07, 6.45) is 8.33. The maximum absolute atomic E-state index is 6.00. The van der Waals surface area contributed by atoms with Gasteiger partial charge < -0.3 is 19.5 Å². The molecule has 0 unspecified atom stereocenters. The van der Waals surface area contributed by atoms with E-state index < -0.39 is 0 Å². The zero-order chi connectivity index (χ0) is 25.5. The minimum Gasteiger partial charge on any atom is -0.497 e. The number of benzene rings is 3. The third-order valence-electron chi connectivity index (χ3n) is 7.46. The Hall–Kier alpha value is -3.44. The Morgan fingerprint density at radius 2 is 1.51 bits per heavy atom. The molecule has 194 valence electrons. The predicted octanol–water partition coefficient (Wildman–Crippen LogP) is 6.67. The van der Waals surface area contributed by atoms with Crippen LogP contribution in [0.5, 0.6) is 17.2 Å². The monoisotopic (exact) mass is 498 g/mol. The fraction of sp³-hybridized carbons (Fsp3) is 0.375. The number of hydrogen-bond donors (Lipinski definition) is 1. The van der Waals surface area contributed by atoms with E-state index in [0.717, 1.165) is 48.9 Å². The Morgan fingerprint density at radius 1 is 0.784 bits per heavy atom. The van der Waals surface area contributed by atoms with E-state index in [9.17, 15) is 0 Å². The second-order valence-electron chi connectivity index (χ2n) is 9.89. The van der Waals surface area contributed by atoms with Gasteiger partial charge in [-0.2, -0.15) is 0 Å². The second-order valence-corrected chi connectivity index (χ2v) is 9.89. The van der Waals surface area contributed by atoms with E-state index in [0.29, 0.717) is 6.54 Å². The number of anilines is 1. The van der Waals surface area contributed by atoms with Crippen LogP contribution in [-0.2, 0) is 13.0 Å². The highest BCUT2D eigenvalue weighted by molar-refractivity contribution is 5.86. The summed E-state index contributed by atoms with van der Waals surface area (Å²) in [7, 11) is 3.44. The van der Waals surface area contributed by atoms with Crippen LogP contribution in [0.1, 0.15) is 47.9 Å². The average Bonchev–Trinajstić information content (AvgIpc) is 2.96. The summed E-state index contributed by atoms with van der Waals surface area (Å²) in [4.78, 5) is 2.50. The highest BCUT2D eigenvalue weighted by Crippen LogP contribution is 2.35. The third kappa shape index (κ3) is 6.47. The van der Waals surface area contributed by atoms with Gasteiger partial charge in [0.25, 0.3) is 0 Å². The van der Waals surface area contributed by atoms with Crippen LogP contribution in [0.25, 0.3) is 11.6 Å². The topological polar surface area (TPSA) is 43.0 Å². The van der Waals surface area contributed by atoms with Crippen molar-refractivity contribution in [2.45, 2.75) is 38.6 Å². The molecule has 1 fully saturated rings. The van der Waals surface area contributed by atoms with Crippen molar-refractivity contribution in [1.82, 2.24) is 4.90 Å². The Balaban J connectivity index is 1.24. The molecule has 0 amide bonds. The van der Waals surface area contributed by atoms with E-state index in [2.05, 4.69) is 70.9 Å². The molecule has 0 saturated carbocycles. The Bertz CT molecular complexity index is 1210. The van der Waals surface area contributed by atoms with Gasteiger partial charge in [0.05, 0.1) is 14.2 Å². The van der Waals surface area contributed by atoms with Crippen molar-refractivity contribution >= 4 is 17.3 Å². The normalized spacial score (nSPS) is 15.5. The van der Waals surface area contributed by atoms with Crippen molar-refractivity contribution in [1.29, 1.82) is 0 Å². The summed E-state index contributed by atoms with van der Waals surface area (Å²) < 4.78 is 17.0. The lowest BCUT2D eigenvalue weighted by Gasteiger charge is -2.26. The Kier molecular flexibility index (Phi) is 8.32. The summed E-state index contributed by atoms with van der Waals surface area (Å²) in [5, 5.41) is 3.60. The first kappa shape index (κ1) is 25.2. The number of rotatable bonds is 10. The number of allylic oxidation sites excluding steroid dienone is 1. The van der Waals surface area contributed by atoms with Crippen LogP contribution in [0.2, 0.25) is 0 Å². The predicted molar refractivity (Wildman–Crippen MR) is 152 cm³/mol. The number of ether oxygens (including phenoxy) is 3. The second kappa shape index (κ2) is 12.2. The van der Waals surface area contributed by atoms with Crippen LogP contribution in [0, 0.1) is 0 Å². The molecule has 5 heteroatoms. The number of nitrogens with zero attached hydrogens (tertiary/aromatic N) is 1. The minimum absolute atomic E-state index is 0.717. The van der Waals surface area contributed by atoms with Crippen molar-refractivity contribution in [3.63, 3.8) is 0 Å². The SMILES string of the molecule is COc1ccc2c(c1)CCC(c1ccc(OC)cc1CNc1ccc(OCCN3CCCCC3)cc1)=C2. The molecule has 2 aliphatic rings. The van der Waals surface area contributed by atoms with Crippen molar-refractivity contribution < 1.29 is 14.2 Å². The molecular weight excluding hydrogens is 460 g/mol. The van der Waals surface area contributed by atoms with Crippen LogP contribution in [0.4, 0.5) is 5.69 Å². The number of methoxy groups -OCH3 is 2. The smallest absolute Gasteiger partial charge is 0.119 e. The van der Waals surface area contributed by atoms with Crippen molar-refractivity contribution in [3.05, 3.63) is 82.9 Å². The highest BCUT2D eigenvalue weighted by Gasteiger charge is 2.16. The van der Waals surface area contributed by atoms with E-state index in [-0.39, 0.29) is 0 Å². The van der Waals surface area contributed by atoms with Gasteiger partial charge in [-0.15, -0.1) is 0 Å². The highest BCUT2D eigenvalue weighted by atomic mass is 16.5. The fourth-order valence-electron chi connectivity index (χ4n) is 5.31. The molecule has 0 bridgehead atoms. The van der Waals surface area contributed by atoms with Gasteiger partial charge >= 0.3 is 0 Å².